The summed E-state index contributed by atoms with van der Waals surface area (Å²) in [5, 5.41) is 12.9. The zero-order valence-corrected chi connectivity index (χ0v) is 20.7. The normalized spacial score (nSPS) is 25.3. The molecule has 4 atom stereocenters. The fraction of sp³-hybridized carbons (Fsp3) is 0.519. The third-order valence-corrected chi connectivity index (χ3v) is 6.75. The molecule has 2 N–H and O–H groups in total. The first-order valence-electron chi connectivity index (χ1n) is 12.5. The number of nitrogens with one attached hydrogen (secondary N) is 1. The van der Waals surface area contributed by atoms with Gasteiger partial charge in [0.1, 0.15) is 6.10 Å². The molecular formula is C27H34N2O7. The van der Waals surface area contributed by atoms with E-state index in [0.29, 0.717) is 13.0 Å². The smallest absolute Gasteiger partial charge is 0.331 e. The monoisotopic (exact) mass is 498 g/mol. The Labute approximate surface area is 211 Å². The Balaban J connectivity index is 1.51. The number of benzene rings is 1. The van der Waals surface area contributed by atoms with Gasteiger partial charge in [-0.15, -0.1) is 0 Å². The van der Waals surface area contributed by atoms with Crippen molar-refractivity contribution < 1.29 is 33.6 Å². The molecule has 2 aliphatic rings. The molecule has 2 fully saturated rings. The van der Waals surface area contributed by atoms with Gasteiger partial charge in [-0.05, 0) is 31.7 Å². The molecule has 1 aromatic carbocycles. The number of rotatable bonds is 7. The van der Waals surface area contributed by atoms with Crippen molar-refractivity contribution in [1.82, 2.24) is 10.3 Å². The average Bonchev–Trinajstić information content (AvgIpc) is 3.40. The number of carbonyl (C=O) groups is 2. The van der Waals surface area contributed by atoms with Crippen LogP contribution in [-0.2, 0) is 25.4 Å². The predicted octanol–water partition coefficient (Wildman–Crippen LogP) is 3.04. The number of carbonyl (C=O) groups excluding carboxylic acids is 2. The molecule has 1 amide bonds. The lowest BCUT2D eigenvalue weighted by atomic mass is 9.91. The van der Waals surface area contributed by atoms with Crippen LogP contribution in [0.4, 0.5) is 0 Å². The first-order valence-corrected chi connectivity index (χ1v) is 12.5. The van der Waals surface area contributed by atoms with E-state index < -0.39 is 29.8 Å². The van der Waals surface area contributed by atoms with Gasteiger partial charge in [-0.1, -0.05) is 43.2 Å². The summed E-state index contributed by atoms with van der Waals surface area (Å²) >= 11 is 0. The molecule has 0 spiro atoms. The quantitative estimate of drug-likeness (QED) is 0.560. The second kappa shape index (κ2) is 12.2. The maximum Gasteiger partial charge on any atom is 0.331 e. The Morgan fingerprint density at radius 2 is 1.92 bits per heavy atom. The number of pyridine rings is 1. The molecule has 2 heterocycles. The summed E-state index contributed by atoms with van der Waals surface area (Å²) in [5.41, 5.74) is 0.896. The topological polar surface area (TPSA) is 116 Å². The molecule has 1 aliphatic carbocycles. The maximum atomic E-state index is 13.1. The van der Waals surface area contributed by atoms with Crippen LogP contribution in [0.15, 0.2) is 42.6 Å². The summed E-state index contributed by atoms with van der Waals surface area (Å²) in [4.78, 5) is 29.8. The van der Waals surface area contributed by atoms with Crippen molar-refractivity contribution in [3.8, 4) is 11.5 Å². The van der Waals surface area contributed by atoms with Crippen molar-refractivity contribution in [1.29, 1.82) is 0 Å². The number of ether oxygens (including phenoxy) is 4. The maximum absolute atomic E-state index is 13.1. The predicted molar refractivity (Wildman–Crippen MR) is 131 cm³/mol. The summed E-state index contributed by atoms with van der Waals surface area (Å²) in [6.45, 7) is 2.08. The van der Waals surface area contributed by atoms with E-state index in [1.165, 1.54) is 19.4 Å². The minimum Gasteiger partial charge on any atom is -0.503 e. The molecule has 4 rings (SSSR count). The van der Waals surface area contributed by atoms with Crippen LogP contribution in [0.3, 0.4) is 0 Å². The third-order valence-electron chi connectivity index (χ3n) is 6.75. The summed E-state index contributed by atoms with van der Waals surface area (Å²) in [5.74, 6) is -1.71. The van der Waals surface area contributed by atoms with Gasteiger partial charge in [0.25, 0.3) is 5.91 Å². The highest BCUT2D eigenvalue weighted by Gasteiger charge is 2.37. The number of esters is 1. The number of hydrogen-bond donors (Lipinski definition) is 2. The van der Waals surface area contributed by atoms with Crippen LogP contribution in [0.2, 0.25) is 0 Å². The molecule has 0 radical (unpaired) electrons. The summed E-state index contributed by atoms with van der Waals surface area (Å²) in [6.07, 6.45) is 5.53. The molecular weight excluding hydrogens is 464 g/mol. The van der Waals surface area contributed by atoms with E-state index in [0.717, 1.165) is 31.2 Å². The summed E-state index contributed by atoms with van der Waals surface area (Å²) in [7, 11) is 1.37. The second-order valence-corrected chi connectivity index (χ2v) is 9.37. The van der Waals surface area contributed by atoms with E-state index >= 15 is 0 Å². The Hall–Kier alpha value is -3.17. The Kier molecular flexibility index (Phi) is 8.77. The minimum atomic E-state index is -1.07. The number of aromatic hydroxyl groups is 1. The minimum absolute atomic E-state index is 0.0469. The van der Waals surface area contributed by atoms with Crippen LogP contribution in [0, 0.1) is 5.92 Å². The average molecular weight is 499 g/mol. The van der Waals surface area contributed by atoms with Gasteiger partial charge < -0.3 is 29.4 Å². The van der Waals surface area contributed by atoms with Crippen LogP contribution < -0.4 is 10.1 Å². The van der Waals surface area contributed by atoms with Crippen molar-refractivity contribution in [2.24, 2.45) is 5.92 Å². The van der Waals surface area contributed by atoms with Crippen molar-refractivity contribution in [2.75, 3.05) is 20.3 Å². The van der Waals surface area contributed by atoms with Crippen molar-refractivity contribution in [2.45, 2.75) is 63.4 Å². The van der Waals surface area contributed by atoms with Gasteiger partial charge in [0.2, 0.25) is 0 Å². The number of methoxy groups -OCH3 is 1. The fourth-order valence-electron chi connectivity index (χ4n) is 4.87. The lowest BCUT2D eigenvalue weighted by Crippen LogP contribution is -2.47. The van der Waals surface area contributed by atoms with E-state index in [1.54, 1.807) is 0 Å². The van der Waals surface area contributed by atoms with E-state index in [9.17, 15) is 14.7 Å². The molecule has 194 valence electrons. The lowest BCUT2D eigenvalue weighted by Gasteiger charge is -2.33. The van der Waals surface area contributed by atoms with Gasteiger partial charge in [-0.3, -0.25) is 4.79 Å². The molecule has 1 saturated heterocycles. The van der Waals surface area contributed by atoms with Crippen LogP contribution >= 0.6 is 0 Å². The van der Waals surface area contributed by atoms with E-state index in [4.69, 9.17) is 18.9 Å². The zero-order chi connectivity index (χ0) is 25.5. The number of hydrogen-bond acceptors (Lipinski definition) is 8. The Morgan fingerprint density at radius 3 is 2.64 bits per heavy atom. The molecule has 0 unspecified atom stereocenters. The van der Waals surface area contributed by atoms with Gasteiger partial charge >= 0.3 is 5.97 Å². The van der Waals surface area contributed by atoms with Crippen LogP contribution in [0.5, 0.6) is 11.5 Å². The van der Waals surface area contributed by atoms with Gasteiger partial charge in [-0.25, -0.2) is 9.78 Å². The van der Waals surface area contributed by atoms with Crippen LogP contribution in [-0.4, -0.2) is 66.6 Å². The molecule has 9 heteroatoms. The van der Waals surface area contributed by atoms with E-state index in [2.05, 4.69) is 22.4 Å². The summed E-state index contributed by atoms with van der Waals surface area (Å²) in [6, 6.07) is 10.4. The van der Waals surface area contributed by atoms with E-state index in [1.807, 2.05) is 25.1 Å². The van der Waals surface area contributed by atoms with Crippen molar-refractivity contribution >= 4 is 11.9 Å². The highest BCUT2D eigenvalue weighted by atomic mass is 16.6. The van der Waals surface area contributed by atoms with Gasteiger partial charge in [0, 0.05) is 18.2 Å². The molecule has 1 saturated carbocycles. The fourth-order valence-corrected chi connectivity index (χ4v) is 4.87. The zero-order valence-electron chi connectivity index (χ0n) is 20.7. The van der Waals surface area contributed by atoms with E-state index in [-0.39, 0.29) is 36.2 Å². The highest BCUT2D eigenvalue weighted by Crippen LogP contribution is 2.30. The molecule has 36 heavy (non-hydrogen) atoms. The van der Waals surface area contributed by atoms with Crippen LogP contribution in [0.25, 0.3) is 0 Å². The third kappa shape index (κ3) is 6.33. The van der Waals surface area contributed by atoms with Crippen molar-refractivity contribution in [3.63, 3.8) is 0 Å². The Bertz CT molecular complexity index is 1030. The number of nitrogens with zero attached hydrogens (tertiary/aromatic N) is 1. The van der Waals surface area contributed by atoms with Crippen LogP contribution in [0.1, 0.15) is 48.7 Å². The Morgan fingerprint density at radius 1 is 1.17 bits per heavy atom. The number of cyclic esters (lactones) is 1. The molecule has 1 aliphatic heterocycles. The summed E-state index contributed by atoms with van der Waals surface area (Å²) < 4.78 is 23.3. The second-order valence-electron chi connectivity index (χ2n) is 9.37. The first kappa shape index (κ1) is 25.9. The SMILES string of the molecule is COc1ccnc(C(=O)N[C@H]2COC[C@H](Cc3ccccc3)[C@@H](OC3CCCC3)[C@H](C)OC2=O)c1O. The highest BCUT2D eigenvalue weighted by molar-refractivity contribution is 5.98. The standard InChI is InChI=1S/C27H34N2O7/c1-17-25(36-20-10-6-7-11-20)19(14-18-8-4-3-5-9-18)15-34-16-21(27(32)35-17)29-26(31)23-24(30)22(33-2)12-13-28-23/h3-5,8-9,12-13,17,19-21,25,30H,6-7,10-11,14-16H2,1-2H3,(H,29,31)/t17-,19-,21-,25-/m0/s1. The molecule has 9 nitrogen and oxygen atoms in total. The molecule has 1 aromatic heterocycles. The largest absolute Gasteiger partial charge is 0.503 e. The van der Waals surface area contributed by atoms with Gasteiger partial charge in [-0.2, -0.15) is 0 Å². The molecule has 2 aromatic rings. The number of aromatic nitrogens is 1. The van der Waals surface area contributed by atoms with Crippen molar-refractivity contribution in [3.05, 3.63) is 53.9 Å². The number of amides is 1. The lowest BCUT2D eigenvalue weighted by molar-refractivity contribution is -0.164. The first-order chi connectivity index (χ1) is 17.5. The van der Waals surface area contributed by atoms with Gasteiger partial charge in [0.05, 0.1) is 32.5 Å². The van der Waals surface area contributed by atoms with Gasteiger partial charge in [0.15, 0.2) is 23.2 Å². The molecule has 0 bridgehead atoms.